The molecule has 1 rings (SSSR count). The van der Waals surface area contributed by atoms with Crippen molar-refractivity contribution in [2.45, 2.75) is 13.5 Å². The number of aliphatic hydroxyl groups excluding tert-OH is 1. The van der Waals surface area contributed by atoms with Crippen molar-refractivity contribution >= 4 is 0 Å². The Kier molecular flexibility index (Phi) is 2.49. The molecular formula is C9H12O2. The van der Waals surface area contributed by atoms with E-state index in [2.05, 4.69) is 0 Å². The van der Waals surface area contributed by atoms with Crippen LogP contribution in [0.5, 0.6) is 5.75 Å². The van der Waals surface area contributed by atoms with E-state index in [0.717, 1.165) is 16.9 Å². The molecule has 0 aliphatic rings. The number of rotatable bonds is 2. The van der Waals surface area contributed by atoms with E-state index >= 15 is 0 Å². The molecule has 2 heteroatoms. The summed E-state index contributed by atoms with van der Waals surface area (Å²) in [6, 6.07) is 5.66. The quantitative estimate of drug-likeness (QED) is 0.695. The molecule has 0 radical (unpaired) electrons. The number of aliphatic hydroxyl groups is 1. The summed E-state index contributed by atoms with van der Waals surface area (Å²) in [6.07, 6.45) is 0. The van der Waals surface area contributed by atoms with Gasteiger partial charge in [-0.3, -0.25) is 0 Å². The van der Waals surface area contributed by atoms with Crippen LogP contribution in [0.15, 0.2) is 18.2 Å². The van der Waals surface area contributed by atoms with Crippen LogP contribution < -0.4 is 4.74 Å². The van der Waals surface area contributed by atoms with E-state index in [1.165, 1.54) is 0 Å². The van der Waals surface area contributed by atoms with Crippen molar-refractivity contribution in [1.82, 2.24) is 0 Å². The van der Waals surface area contributed by atoms with Crippen LogP contribution in [-0.4, -0.2) is 12.2 Å². The van der Waals surface area contributed by atoms with Crippen LogP contribution in [0.4, 0.5) is 0 Å². The minimum atomic E-state index is 0.0725. The lowest BCUT2D eigenvalue weighted by Crippen LogP contribution is -1.90. The van der Waals surface area contributed by atoms with Crippen LogP contribution in [0.1, 0.15) is 11.1 Å². The van der Waals surface area contributed by atoms with Gasteiger partial charge < -0.3 is 9.84 Å². The molecule has 0 amide bonds. The average molecular weight is 152 g/mol. The highest BCUT2D eigenvalue weighted by molar-refractivity contribution is 5.34. The van der Waals surface area contributed by atoms with Crippen LogP contribution in [0, 0.1) is 6.92 Å². The number of methoxy groups -OCH3 is 1. The lowest BCUT2D eigenvalue weighted by molar-refractivity contribution is 0.280. The zero-order valence-electron chi connectivity index (χ0n) is 6.79. The van der Waals surface area contributed by atoms with Crippen LogP contribution in [-0.2, 0) is 6.61 Å². The lowest BCUT2D eigenvalue weighted by atomic mass is 10.1. The number of hydrogen-bond acceptors (Lipinski definition) is 2. The van der Waals surface area contributed by atoms with Crippen molar-refractivity contribution < 1.29 is 9.84 Å². The van der Waals surface area contributed by atoms with Crippen molar-refractivity contribution in [2.24, 2.45) is 0 Å². The number of benzene rings is 1. The Labute approximate surface area is 66.4 Å². The summed E-state index contributed by atoms with van der Waals surface area (Å²) in [6.45, 7) is 2.04. The highest BCUT2D eigenvalue weighted by Crippen LogP contribution is 2.16. The molecule has 0 aliphatic carbocycles. The van der Waals surface area contributed by atoms with Crippen molar-refractivity contribution in [1.29, 1.82) is 0 Å². The fourth-order valence-corrected chi connectivity index (χ4v) is 0.945. The predicted octanol–water partition coefficient (Wildman–Crippen LogP) is 1.50. The summed E-state index contributed by atoms with van der Waals surface area (Å²) in [5.74, 6) is 0.791. The van der Waals surface area contributed by atoms with Crippen molar-refractivity contribution in [2.75, 3.05) is 7.11 Å². The molecule has 0 aliphatic heterocycles. The molecule has 0 unspecified atom stereocenters. The largest absolute Gasteiger partial charge is 0.497 e. The van der Waals surface area contributed by atoms with E-state index in [1.807, 2.05) is 25.1 Å². The highest BCUT2D eigenvalue weighted by atomic mass is 16.5. The maximum Gasteiger partial charge on any atom is 0.119 e. The van der Waals surface area contributed by atoms with Gasteiger partial charge in [-0.2, -0.15) is 0 Å². The summed E-state index contributed by atoms with van der Waals surface area (Å²) < 4.78 is 5.00. The van der Waals surface area contributed by atoms with Crippen molar-refractivity contribution in [3.8, 4) is 5.75 Å². The third kappa shape index (κ3) is 1.71. The number of aryl methyl sites for hydroxylation is 1. The Morgan fingerprint density at radius 3 is 2.73 bits per heavy atom. The van der Waals surface area contributed by atoms with Gasteiger partial charge in [0.2, 0.25) is 0 Å². The Balaban J connectivity index is 3.02. The molecule has 1 N–H and O–H groups in total. The van der Waals surface area contributed by atoms with Crippen LogP contribution in [0.3, 0.4) is 0 Å². The Morgan fingerprint density at radius 2 is 2.18 bits per heavy atom. The molecule has 11 heavy (non-hydrogen) atoms. The Morgan fingerprint density at radius 1 is 1.45 bits per heavy atom. The molecule has 0 bridgehead atoms. The van der Waals surface area contributed by atoms with E-state index in [4.69, 9.17) is 9.84 Å². The minimum Gasteiger partial charge on any atom is -0.497 e. The summed E-state index contributed by atoms with van der Waals surface area (Å²) in [5.41, 5.74) is 2.01. The number of hydrogen-bond donors (Lipinski definition) is 1. The molecule has 60 valence electrons. The van der Waals surface area contributed by atoms with Crippen LogP contribution in [0.25, 0.3) is 0 Å². The van der Waals surface area contributed by atoms with E-state index < -0.39 is 0 Å². The first-order chi connectivity index (χ1) is 5.27. The summed E-state index contributed by atoms with van der Waals surface area (Å²) in [5, 5.41) is 8.88. The second-order valence-electron chi connectivity index (χ2n) is 2.45. The maximum atomic E-state index is 8.88. The van der Waals surface area contributed by atoms with Gasteiger partial charge in [-0.15, -0.1) is 0 Å². The first-order valence-corrected chi connectivity index (χ1v) is 3.52. The molecule has 0 atom stereocenters. The summed E-state index contributed by atoms with van der Waals surface area (Å²) in [7, 11) is 1.62. The van der Waals surface area contributed by atoms with E-state index in [-0.39, 0.29) is 6.61 Å². The molecule has 0 saturated heterocycles. The lowest BCUT2D eigenvalue weighted by Gasteiger charge is -2.04. The first-order valence-electron chi connectivity index (χ1n) is 3.52. The molecule has 1 aromatic rings. The fourth-order valence-electron chi connectivity index (χ4n) is 0.945. The molecule has 2 nitrogen and oxygen atoms in total. The zero-order chi connectivity index (χ0) is 8.27. The van der Waals surface area contributed by atoms with Gasteiger partial charge in [0.25, 0.3) is 0 Å². The molecule has 0 saturated carbocycles. The third-order valence-electron chi connectivity index (χ3n) is 1.73. The molecule has 0 spiro atoms. The SMILES string of the molecule is COc1ccc(C)c(CO)c1. The Bertz CT molecular complexity index is 243. The average Bonchev–Trinajstić information content (AvgIpc) is 2.05. The Hall–Kier alpha value is -1.02. The summed E-state index contributed by atoms with van der Waals surface area (Å²) in [4.78, 5) is 0. The molecule has 1 aromatic carbocycles. The van der Waals surface area contributed by atoms with Gasteiger partial charge in [0.05, 0.1) is 13.7 Å². The normalized spacial score (nSPS) is 9.73. The van der Waals surface area contributed by atoms with Gasteiger partial charge in [-0.25, -0.2) is 0 Å². The van der Waals surface area contributed by atoms with Gasteiger partial charge >= 0.3 is 0 Å². The topological polar surface area (TPSA) is 29.5 Å². The van der Waals surface area contributed by atoms with E-state index in [1.54, 1.807) is 7.11 Å². The number of ether oxygens (including phenoxy) is 1. The second-order valence-corrected chi connectivity index (χ2v) is 2.45. The molecule has 0 heterocycles. The van der Waals surface area contributed by atoms with Gasteiger partial charge in [0.1, 0.15) is 5.75 Å². The first kappa shape index (κ1) is 8.08. The van der Waals surface area contributed by atoms with Gasteiger partial charge in [-0.1, -0.05) is 6.07 Å². The molecule has 0 aromatic heterocycles. The predicted molar refractivity (Wildman–Crippen MR) is 43.7 cm³/mol. The standard InChI is InChI=1S/C9H12O2/c1-7-3-4-9(11-2)5-8(7)6-10/h3-5,10H,6H2,1-2H3. The minimum absolute atomic E-state index is 0.0725. The monoisotopic (exact) mass is 152 g/mol. The fraction of sp³-hybridized carbons (Fsp3) is 0.333. The molecule has 0 fully saturated rings. The van der Waals surface area contributed by atoms with E-state index in [0.29, 0.717) is 0 Å². The van der Waals surface area contributed by atoms with Gasteiger partial charge in [-0.05, 0) is 30.2 Å². The van der Waals surface area contributed by atoms with Crippen LogP contribution in [0.2, 0.25) is 0 Å². The van der Waals surface area contributed by atoms with Gasteiger partial charge in [0.15, 0.2) is 0 Å². The second kappa shape index (κ2) is 3.39. The van der Waals surface area contributed by atoms with Gasteiger partial charge in [0, 0.05) is 0 Å². The smallest absolute Gasteiger partial charge is 0.119 e. The summed E-state index contributed by atoms with van der Waals surface area (Å²) >= 11 is 0. The van der Waals surface area contributed by atoms with Crippen molar-refractivity contribution in [3.63, 3.8) is 0 Å². The highest BCUT2D eigenvalue weighted by Gasteiger charge is 1.97. The zero-order valence-corrected chi connectivity index (χ0v) is 6.79. The van der Waals surface area contributed by atoms with Crippen molar-refractivity contribution in [3.05, 3.63) is 29.3 Å². The van der Waals surface area contributed by atoms with E-state index in [9.17, 15) is 0 Å². The van der Waals surface area contributed by atoms with Crippen LogP contribution >= 0.6 is 0 Å². The maximum absolute atomic E-state index is 8.88. The molecular weight excluding hydrogens is 140 g/mol. The third-order valence-corrected chi connectivity index (χ3v) is 1.73.